The van der Waals surface area contributed by atoms with Crippen LogP contribution in [0.15, 0.2) is 30.3 Å². The van der Waals surface area contributed by atoms with Gasteiger partial charge in [-0.15, -0.1) is 0 Å². The summed E-state index contributed by atoms with van der Waals surface area (Å²) in [4.78, 5) is 0. The number of nitrogens with two attached hydrogens (primary N) is 1. The Morgan fingerprint density at radius 2 is 2.05 bits per heavy atom. The van der Waals surface area contributed by atoms with Gasteiger partial charge in [0, 0.05) is 12.0 Å². The minimum absolute atomic E-state index is 0.129. The molecule has 1 atom stereocenters. The van der Waals surface area contributed by atoms with Crippen molar-refractivity contribution in [3.05, 3.63) is 52.8 Å². The van der Waals surface area contributed by atoms with Crippen LogP contribution in [0, 0.1) is 28.5 Å². The van der Waals surface area contributed by atoms with E-state index in [1.54, 1.807) is 18.2 Å². The van der Waals surface area contributed by atoms with Gasteiger partial charge in [0.05, 0.1) is 23.7 Å². The third kappa shape index (κ3) is 2.39. The normalized spacial score (nSPS) is 13.1. The Labute approximate surface area is 127 Å². The maximum atomic E-state index is 14.3. The molecule has 3 rings (SSSR count). The first-order chi connectivity index (χ1) is 10.6. The van der Waals surface area contributed by atoms with Crippen LogP contribution in [0.25, 0.3) is 11.1 Å². The number of benzene rings is 2. The van der Waals surface area contributed by atoms with Crippen molar-refractivity contribution in [3.8, 4) is 29.0 Å². The molecule has 1 aliphatic heterocycles. The van der Waals surface area contributed by atoms with E-state index in [4.69, 9.17) is 21.0 Å². The molecule has 1 heterocycles. The molecule has 22 heavy (non-hydrogen) atoms. The first-order valence-corrected chi connectivity index (χ1v) is 6.76. The number of nitriles is 2. The number of rotatable bonds is 2. The van der Waals surface area contributed by atoms with Crippen LogP contribution >= 0.6 is 0 Å². The highest BCUT2D eigenvalue weighted by molar-refractivity contribution is 5.76. The molecule has 0 fully saturated rings. The van der Waals surface area contributed by atoms with Gasteiger partial charge in [-0.25, -0.2) is 4.39 Å². The molecule has 0 aliphatic carbocycles. The van der Waals surface area contributed by atoms with E-state index >= 15 is 0 Å². The summed E-state index contributed by atoms with van der Waals surface area (Å²) >= 11 is 0. The molecule has 2 aromatic rings. The summed E-state index contributed by atoms with van der Waals surface area (Å²) in [5.41, 5.74) is 8.76. The van der Waals surface area contributed by atoms with Gasteiger partial charge in [0.25, 0.3) is 0 Å². The highest BCUT2D eigenvalue weighted by atomic mass is 19.1. The number of halogens is 1. The van der Waals surface area contributed by atoms with Crippen LogP contribution in [0.3, 0.4) is 0 Å². The van der Waals surface area contributed by atoms with Crippen LogP contribution < -0.4 is 10.5 Å². The predicted octanol–water partition coefficient (Wildman–Crippen LogP) is 2.65. The van der Waals surface area contributed by atoms with Crippen LogP contribution in [-0.2, 0) is 13.0 Å². The molecule has 0 aromatic heterocycles. The molecular weight excluding hydrogens is 281 g/mol. The van der Waals surface area contributed by atoms with Crippen molar-refractivity contribution in [1.82, 2.24) is 0 Å². The van der Waals surface area contributed by atoms with Crippen molar-refractivity contribution in [2.24, 2.45) is 5.73 Å². The lowest BCUT2D eigenvalue weighted by Crippen LogP contribution is -2.21. The van der Waals surface area contributed by atoms with Gasteiger partial charge >= 0.3 is 0 Å². The van der Waals surface area contributed by atoms with E-state index in [-0.39, 0.29) is 6.42 Å². The zero-order valence-electron chi connectivity index (χ0n) is 11.6. The van der Waals surface area contributed by atoms with E-state index in [0.717, 1.165) is 11.1 Å². The van der Waals surface area contributed by atoms with Crippen molar-refractivity contribution in [2.45, 2.75) is 19.1 Å². The molecule has 0 amide bonds. The fraction of sp³-hybridized carbons (Fsp3) is 0.176. The fourth-order valence-electron chi connectivity index (χ4n) is 2.54. The number of ether oxygens (including phenoxy) is 1. The molecule has 0 radical (unpaired) electrons. The Morgan fingerprint density at radius 3 is 2.77 bits per heavy atom. The third-order valence-electron chi connectivity index (χ3n) is 3.67. The number of fused-ring (bicyclic) bond motifs is 3. The van der Waals surface area contributed by atoms with Crippen LogP contribution in [0.4, 0.5) is 4.39 Å². The Morgan fingerprint density at radius 1 is 1.23 bits per heavy atom. The maximum absolute atomic E-state index is 14.3. The molecule has 0 saturated heterocycles. The van der Waals surface area contributed by atoms with Crippen molar-refractivity contribution >= 4 is 0 Å². The number of hydrogen-bond donors (Lipinski definition) is 1. The quantitative estimate of drug-likeness (QED) is 0.922. The highest BCUT2D eigenvalue weighted by Crippen LogP contribution is 2.39. The average Bonchev–Trinajstić information content (AvgIpc) is 2.55. The third-order valence-corrected chi connectivity index (χ3v) is 3.67. The highest BCUT2D eigenvalue weighted by Gasteiger charge is 2.21. The van der Waals surface area contributed by atoms with Crippen LogP contribution in [0.5, 0.6) is 5.75 Å². The van der Waals surface area contributed by atoms with Crippen LogP contribution in [-0.4, -0.2) is 6.04 Å². The van der Waals surface area contributed by atoms with E-state index in [1.807, 2.05) is 12.1 Å². The standard InChI is InChI=1S/C17H12FN3O/c18-16-6-15-14-3-10(7-19)1-2-11(14)9-22-17(15)5-12(16)4-13(21)8-20/h1-3,5-6,13H,4,9,21H2. The summed E-state index contributed by atoms with van der Waals surface area (Å²) in [5.74, 6) is 0.118. The minimum Gasteiger partial charge on any atom is -0.488 e. The van der Waals surface area contributed by atoms with Gasteiger partial charge in [-0.2, -0.15) is 10.5 Å². The fourth-order valence-corrected chi connectivity index (χ4v) is 2.54. The second kappa shape index (κ2) is 5.48. The number of hydrogen-bond acceptors (Lipinski definition) is 4. The number of nitrogens with zero attached hydrogens (tertiary/aromatic N) is 2. The summed E-state index contributed by atoms with van der Waals surface area (Å²) < 4.78 is 19.9. The lowest BCUT2D eigenvalue weighted by Gasteiger charge is -2.22. The maximum Gasteiger partial charge on any atom is 0.128 e. The molecular formula is C17H12FN3O. The Kier molecular flexibility index (Phi) is 3.50. The summed E-state index contributed by atoms with van der Waals surface area (Å²) in [5, 5.41) is 17.8. The molecule has 2 N–H and O–H groups in total. The summed E-state index contributed by atoms with van der Waals surface area (Å²) in [6.45, 7) is 0.365. The van der Waals surface area contributed by atoms with Crippen molar-refractivity contribution < 1.29 is 9.13 Å². The van der Waals surface area contributed by atoms with Crippen molar-refractivity contribution in [3.63, 3.8) is 0 Å². The molecule has 5 heteroatoms. The lowest BCUT2D eigenvalue weighted by atomic mass is 9.93. The summed E-state index contributed by atoms with van der Waals surface area (Å²) in [6.07, 6.45) is 0.129. The Bertz CT molecular complexity index is 833. The second-order valence-electron chi connectivity index (χ2n) is 5.15. The van der Waals surface area contributed by atoms with Gasteiger partial charge in [0.15, 0.2) is 0 Å². The monoisotopic (exact) mass is 293 g/mol. The largest absolute Gasteiger partial charge is 0.488 e. The summed E-state index contributed by atoms with van der Waals surface area (Å²) in [6, 6.07) is 11.4. The van der Waals surface area contributed by atoms with Crippen molar-refractivity contribution in [1.29, 1.82) is 10.5 Å². The van der Waals surface area contributed by atoms with Crippen LogP contribution in [0.1, 0.15) is 16.7 Å². The first-order valence-electron chi connectivity index (χ1n) is 6.76. The van der Waals surface area contributed by atoms with E-state index in [1.165, 1.54) is 6.07 Å². The predicted molar refractivity (Wildman–Crippen MR) is 78.2 cm³/mol. The molecule has 1 unspecified atom stereocenters. The smallest absolute Gasteiger partial charge is 0.128 e. The topological polar surface area (TPSA) is 82.8 Å². The zero-order chi connectivity index (χ0) is 15.7. The lowest BCUT2D eigenvalue weighted by molar-refractivity contribution is 0.301. The summed E-state index contributed by atoms with van der Waals surface area (Å²) in [7, 11) is 0. The minimum atomic E-state index is -0.756. The van der Waals surface area contributed by atoms with E-state index in [2.05, 4.69) is 6.07 Å². The Balaban J connectivity index is 2.09. The van der Waals surface area contributed by atoms with Gasteiger partial charge in [-0.1, -0.05) is 6.07 Å². The zero-order valence-corrected chi connectivity index (χ0v) is 11.6. The van der Waals surface area contributed by atoms with E-state index in [0.29, 0.717) is 29.0 Å². The molecule has 0 bridgehead atoms. The Hall–Kier alpha value is -2.89. The molecule has 0 saturated carbocycles. The molecule has 2 aromatic carbocycles. The molecule has 1 aliphatic rings. The molecule has 4 nitrogen and oxygen atoms in total. The van der Waals surface area contributed by atoms with Crippen LogP contribution in [0.2, 0.25) is 0 Å². The van der Waals surface area contributed by atoms with Gasteiger partial charge < -0.3 is 10.5 Å². The van der Waals surface area contributed by atoms with E-state index < -0.39 is 11.9 Å². The molecule has 0 spiro atoms. The van der Waals surface area contributed by atoms with Gasteiger partial charge in [-0.05, 0) is 41.0 Å². The SMILES string of the molecule is N#Cc1ccc2c(c1)-c1cc(F)c(CC(N)C#N)cc1OC2. The second-order valence-corrected chi connectivity index (χ2v) is 5.15. The van der Waals surface area contributed by atoms with Gasteiger partial charge in [-0.3, -0.25) is 0 Å². The van der Waals surface area contributed by atoms with Gasteiger partial charge in [0.1, 0.15) is 18.2 Å². The van der Waals surface area contributed by atoms with Crippen molar-refractivity contribution in [2.75, 3.05) is 0 Å². The molecule has 108 valence electrons. The first kappa shape index (κ1) is 14.1. The average molecular weight is 293 g/mol. The van der Waals surface area contributed by atoms with E-state index in [9.17, 15) is 4.39 Å². The van der Waals surface area contributed by atoms with Gasteiger partial charge in [0.2, 0.25) is 0 Å².